The van der Waals surface area contributed by atoms with Gasteiger partial charge in [-0.3, -0.25) is 0 Å². The van der Waals surface area contributed by atoms with Gasteiger partial charge in [-0.05, 0) is 11.8 Å². The fourth-order valence-electron chi connectivity index (χ4n) is 2.83. The summed E-state index contributed by atoms with van der Waals surface area (Å²) in [6, 6.07) is 18.7. The van der Waals surface area contributed by atoms with Gasteiger partial charge in [0, 0.05) is 23.1 Å². The van der Waals surface area contributed by atoms with Crippen LogP contribution in [0.5, 0.6) is 0 Å². The largest absolute Gasteiger partial charge is 0.228 e. The van der Waals surface area contributed by atoms with Crippen molar-refractivity contribution in [2.75, 3.05) is 6.26 Å². The summed E-state index contributed by atoms with van der Waals surface area (Å²) in [5.41, 5.74) is 6.04. The van der Waals surface area contributed by atoms with Crippen molar-refractivity contribution < 1.29 is 0 Å². The number of benzene rings is 2. The molecule has 2 aromatic carbocycles. The summed E-state index contributed by atoms with van der Waals surface area (Å²) < 4.78 is 0. The van der Waals surface area contributed by atoms with Crippen LogP contribution in [0.2, 0.25) is 0 Å². The Morgan fingerprint density at radius 3 is 2.48 bits per heavy atom. The highest BCUT2D eigenvalue weighted by Gasteiger charge is 2.24. The lowest BCUT2D eigenvalue weighted by Crippen LogP contribution is -1.97. The third-order valence-electron chi connectivity index (χ3n) is 3.83. The van der Waals surface area contributed by atoms with Crippen LogP contribution >= 0.6 is 11.8 Å². The first-order valence-corrected chi connectivity index (χ1v) is 8.18. The lowest BCUT2D eigenvalue weighted by Gasteiger charge is -2.08. The van der Waals surface area contributed by atoms with Crippen LogP contribution in [-0.2, 0) is 6.42 Å². The summed E-state index contributed by atoms with van der Waals surface area (Å²) in [5, 5.41) is 1.09. The molecule has 1 aliphatic carbocycles. The maximum absolute atomic E-state index is 4.85. The van der Waals surface area contributed by atoms with Crippen LogP contribution in [0.1, 0.15) is 11.1 Å². The molecule has 0 aliphatic heterocycles. The fourth-order valence-corrected chi connectivity index (χ4v) is 3.42. The van der Waals surface area contributed by atoms with Gasteiger partial charge in [-0.2, -0.15) is 0 Å². The Labute approximate surface area is 128 Å². The molecule has 0 N–H and O–H groups in total. The number of hydrogen-bond acceptors (Lipinski definition) is 3. The van der Waals surface area contributed by atoms with Crippen LogP contribution in [0.4, 0.5) is 0 Å². The standard InChI is InChI=1S/C18H14N2S/c1-21-18-15-11-13-9-5-6-10-14(13)16(15)19-17(20-18)12-7-3-2-4-8-12/h2-10H,11H2,1H3. The average molecular weight is 290 g/mol. The first kappa shape index (κ1) is 12.6. The predicted molar refractivity (Wildman–Crippen MR) is 87.5 cm³/mol. The van der Waals surface area contributed by atoms with Gasteiger partial charge in [-0.1, -0.05) is 54.6 Å². The molecular weight excluding hydrogens is 276 g/mol. The van der Waals surface area contributed by atoms with E-state index < -0.39 is 0 Å². The number of aromatic nitrogens is 2. The van der Waals surface area contributed by atoms with Crippen molar-refractivity contribution in [3.05, 3.63) is 65.7 Å². The van der Waals surface area contributed by atoms with Crippen molar-refractivity contribution in [2.45, 2.75) is 11.4 Å². The van der Waals surface area contributed by atoms with Gasteiger partial charge < -0.3 is 0 Å². The van der Waals surface area contributed by atoms with E-state index in [0.29, 0.717) is 0 Å². The van der Waals surface area contributed by atoms with E-state index in [2.05, 4.69) is 42.7 Å². The van der Waals surface area contributed by atoms with Gasteiger partial charge in [0.05, 0.1) is 5.69 Å². The third-order valence-corrected chi connectivity index (χ3v) is 4.56. The molecule has 21 heavy (non-hydrogen) atoms. The Morgan fingerprint density at radius 1 is 0.905 bits per heavy atom. The molecule has 3 heteroatoms. The zero-order valence-corrected chi connectivity index (χ0v) is 12.5. The molecule has 0 atom stereocenters. The monoisotopic (exact) mass is 290 g/mol. The molecule has 1 aromatic heterocycles. The Bertz CT molecular complexity index is 813. The molecule has 0 fully saturated rings. The second-order valence-electron chi connectivity index (χ2n) is 5.08. The maximum atomic E-state index is 4.85. The summed E-state index contributed by atoms with van der Waals surface area (Å²) in [6.07, 6.45) is 3.02. The lowest BCUT2D eigenvalue weighted by molar-refractivity contribution is 1.01. The van der Waals surface area contributed by atoms with E-state index in [9.17, 15) is 0 Å². The number of thioether (sulfide) groups is 1. The molecule has 102 valence electrons. The lowest BCUT2D eigenvalue weighted by atomic mass is 10.1. The number of fused-ring (bicyclic) bond motifs is 3. The first-order valence-electron chi connectivity index (χ1n) is 6.95. The Balaban J connectivity index is 1.95. The van der Waals surface area contributed by atoms with Gasteiger partial charge in [0.1, 0.15) is 5.03 Å². The van der Waals surface area contributed by atoms with E-state index in [0.717, 1.165) is 28.5 Å². The molecule has 0 radical (unpaired) electrons. The summed E-state index contributed by atoms with van der Waals surface area (Å²) in [5.74, 6) is 0.815. The minimum Gasteiger partial charge on any atom is -0.228 e. The maximum Gasteiger partial charge on any atom is 0.161 e. The van der Waals surface area contributed by atoms with Gasteiger partial charge in [0.2, 0.25) is 0 Å². The van der Waals surface area contributed by atoms with E-state index in [1.54, 1.807) is 11.8 Å². The molecule has 2 nitrogen and oxygen atoms in total. The van der Waals surface area contributed by atoms with Crippen molar-refractivity contribution in [1.82, 2.24) is 9.97 Å². The molecule has 0 spiro atoms. The highest BCUT2D eigenvalue weighted by Crippen LogP contribution is 2.39. The van der Waals surface area contributed by atoms with Crippen LogP contribution in [0.15, 0.2) is 59.6 Å². The molecule has 0 unspecified atom stereocenters. The van der Waals surface area contributed by atoms with E-state index in [4.69, 9.17) is 9.97 Å². The normalized spacial score (nSPS) is 12.0. The molecule has 1 heterocycles. The van der Waals surface area contributed by atoms with Crippen molar-refractivity contribution in [1.29, 1.82) is 0 Å². The van der Waals surface area contributed by atoms with Crippen LogP contribution < -0.4 is 0 Å². The average Bonchev–Trinajstić information content (AvgIpc) is 2.93. The zero-order valence-electron chi connectivity index (χ0n) is 11.7. The second-order valence-corrected chi connectivity index (χ2v) is 5.88. The quantitative estimate of drug-likeness (QED) is 0.403. The van der Waals surface area contributed by atoms with E-state index >= 15 is 0 Å². The smallest absolute Gasteiger partial charge is 0.161 e. The molecule has 0 bridgehead atoms. The van der Waals surface area contributed by atoms with Gasteiger partial charge in [0.25, 0.3) is 0 Å². The van der Waals surface area contributed by atoms with E-state index in [1.165, 1.54) is 16.7 Å². The SMILES string of the molecule is CSc1nc(-c2ccccc2)nc2c1Cc1ccccc1-2. The van der Waals surface area contributed by atoms with Crippen molar-refractivity contribution >= 4 is 11.8 Å². The van der Waals surface area contributed by atoms with Crippen molar-refractivity contribution in [3.8, 4) is 22.6 Å². The Kier molecular flexibility index (Phi) is 3.00. The second kappa shape index (κ2) is 5.01. The van der Waals surface area contributed by atoms with Gasteiger partial charge in [0.15, 0.2) is 5.82 Å². The summed E-state index contributed by atoms with van der Waals surface area (Å²) in [4.78, 5) is 9.62. The highest BCUT2D eigenvalue weighted by molar-refractivity contribution is 7.98. The summed E-state index contributed by atoms with van der Waals surface area (Å²) >= 11 is 1.70. The fraction of sp³-hybridized carbons (Fsp3) is 0.111. The van der Waals surface area contributed by atoms with Gasteiger partial charge in [-0.15, -0.1) is 11.8 Å². The van der Waals surface area contributed by atoms with Crippen LogP contribution in [0, 0.1) is 0 Å². The minimum absolute atomic E-state index is 0.815. The molecule has 3 aromatic rings. The van der Waals surface area contributed by atoms with Crippen LogP contribution in [-0.4, -0.2) is 16.2 Å². The highest BCUT2D eigenvalue weighted by atomic mass is 32.2. The summed E-state index contributed by atoms with van der Waals surface area (Å²) in [7, 11) is 0. The van der Waals surface area contributed by atoms with E-state index in [1.807, 2.05) is 18.2 Å². The van der Waals surface area contributed by atoms with Gasteiger partial charge in [-0.25, -0.2) is 9.97 Å². The molecule has 0 saturated heterocycles. The Morgan fingerprint density at radius 2 is 1.67 bits per heavy atom. The Hall–Kier alpha value is -2.13. The van der Waals surface area contributed by atoms with Crippen molar-refractivity contribution in [3.63, 3.8) is 0 Å². The predicted octanol–water partition coefficient (Wildman–Crippen LogP) is 4.44. The van der Waals surface area contributed by atoms with Crippen molar-refractivity contribution in [2.24, 2.45) is 0 Å². The van der Waals surface area contributed by atoms with E-state index in [-0.39, 0.29) is 0 Å². The minimum atomic E-state index is 0.815. The molecule has 0 amide bonds. The van der Waals surface area contributed by atoms with Gasteiger partial charge >= 0.3 is 0 Å². The first-order chi connectivity index (χ1) is 10.4. The van der Waals surface area contributed by atoms with Crippen LogP contribution in [0.25, 0.3) is 22.6 Å². The number of hydrogen-bond donors (Lipinski definition) is 0. The third kappa shape index (κ3) is 2.05. The topological polar surface area (TPSA) is 25.8 Å². The van der Waals surface area contributed by atoms with Crippen LogP contribution in [0.3, 0.4) is 0 Å². The molecule has 1 aliphatic rings. The molecular formula is C18H14N2S. The summed E-state index contributed by atoms with van der Waals surface area (Å²) in [6.45, 7) is 0. The molecule has 4 rings (SSSR count). The number of rotatable bonds is 2. The molecule has 0 saturated carbocycles. The zero-order chi connectivity index (χ0) is 14.2. The number of nitrogens with zero attached hydrogens (tertiary/aromatic N) is 2.